The molecule has 1 rings (SSSR count). The summed E-state index contributed by atoms with van der Waals surface area (Å²) in [5.74, 6) is 0. The summed E-state index contributed by atoms with van der Waals surface area (Å²) in [6, 6.07) is 4.28. The first-order chi connectivity index (χ1) is 6.15. The number of aryl methyl sites for hydroxylation is 2. The molecule has 0 saturated carbocycles. The van der Waals surface area contributed by atoms with Crippen LogP contribution in [-0.4, -0.2) is 6.54 Å². The van der Waals surface area contributed by atoms with Gasteiger partial charge in [0.1, 0.15) is 0 Å². The highest BCUT2D eigenvalue weighted by Gasteiger charge is 2.02. The molecule has 1 aromatic rings. The molecule has 13 heavy (non-hydrogen) atoms. The predicted octanol–water partition coefficient (Wildman–Crippen LogP) is 3.53. The van der Waals surface area contributed by atoms with Gasteiger partial charge in [0.25, 0.3) is 0 Å². The smallest absolute Gasteiger partial charge is 0.218 e. The largest absolute Gasteiger partial charge is 0.317 e. The van der Waals surface area contributed by atoms with Crippen molar-refractivity contribution in [3.8, 4) is 0 Å². The first-order valence-corrected chi connectivity index (χ1v) is 5.03. The quantitative estimate of drug-likeness (QED) is 0.694. The van der Waals surface area contributed by atoms with Gasteiger partial charge in [-0.05, 0) is 30.5 Å². The van der Waals surface area contributed by atoms with Crippen LogP contribution in [0.2, 0.25) is 0 Å². The molecule has 1 nitrogen and oxygen atoms in total. The van der Waals surface area contributed by atoms with Crippen LogP contribution in [0.3, 0.4) is 0 Å². The minimum absolute atomic E-state index is 0.584. The lowest BCUT2D eigenvalue weighted by atomic mass is 10.1. The fourth-order valence-electron chi connectivity index (χ4n) is 1.36. The molecule has 0 heterocycles. The van der Waals surface area contributed by atoms with E-state index >= 15 is 0 Å². The summed E-state index contributed by atoms with van der Waals surface area (Å²) < 4.78 is 1.18. The summed E-state index contributed by atoms with van der Waals surface area (Å²) in [6.07, 6.45) is 0.860. The third-order valence-electron chi connectivity index (χ3n) is 2.01. The van der Waals surface area contributed by atoms with E-state index in [1.54, 1.807) is 0 Å². The maximum absolute atomic E-state index is 6.72. The second-order valence-electron chi connectivity index (χ2n) is 3.18. The van der Waals surface area contributed by atoms with Gasteiger partial charge in [-0.25, -0.2) is 6.57 Å². The molecule has 0 aliphatic carbocycles. The van der Waals surface area contributed by atoms with Crippen LogP contribution in [0.25, 0.3) is 4.85 Å². The maximum Gasteiger partial charge on any atom is 0.218 e. The standard InChI is InChI=1S/C11H12BrN/c1-8-6-10(4-5-13-3)7-9(2)11(8)12/h6-7H,4-5H2,1-2H3. The molecular formula is C11H12BrN. The van der Waals surface area contributed by atoms with Crippen molar-refractivity contribution >= 4 is 15.9 Å². The summed E-state index contributed by atoms with van der Waals surface area (Å²) in [5.41, 5.74) is 3.76. The molecule has 0 aliphatic rings. The van der Waals surface area contributed by atoms with Gasteiger partial charge in [0.05, 0.1) is 0 Å². The summed E-state index contributed by atoms with van der Waals surface area (Å²) in [4.78, 5) is 3.35. The molecule has 1 aromatic carbocycles. The van der Waals surface area contributed by atoms with E-state index in [0.717, 1.165) is 6.42 Å². The third kappa shape index (κ3) is 2.57. The zero-order chi connectivity index (χ0) is 9.84. The Morgan fingerprint density at radius 1 is 1.31 bits per heavy atom. The van der Waals surface area contributed by atoms with Crippen LogP contribution in [0.1, 0.15) is 16.7 Å². The van der Waals surface area contributed by atoms with Gasteiger partial charge in [-0.1, -0.05) is 28.1 Å². The normalized spacial score (nSPS) is 9.69. The molecule has 0 fully saturated rings. The van der Waals surface area contributed by atoms with Gasteiger partial charge in [0, 0.05) is 10.9 Å². The molecule has 0 unspecified atom stereocenters. The molecule has 0 amide bonds. The Hall–Kier alpha value is -0.810. The fraction of sp³-hybridized carbons (Fsp3) is 0.364. The topological polar surface area (TPSA) is 4.36 Å². The van der Waals surface area contributed by atoms with Crippen LogP contribution in [-0.2, 0) is 6.42 Å². The highest BCUT2D eigenvalue weighted by molar-refractivity contribution is 9.10. The average molecular weight is 238 g/mol. The first-order valence-electron chi connectivity index (χ1n) is 4.24. The number of hydrogen-bond donors (Lipinski definition) is 0. The van der Waals surface area contributed by atoms with Gasteiger partial charge in [0.2, 0.25) is 6.54 Å². The van der Waals surface area contributed by atoms with Crippen LogP contribution >= 0.6 is 15.9 Å². The van der Waals surface area contributed by atoms with Crippen molar-refractivity contribution in [3.05, 3.63) is 44.7 Å². The Labute approximate surface area is 87.7 Å². The predicted molar refractivity (Wildman–Crippen MR) is 58.8 cm³/mol. The molecule has 2 heteroatoms. The molecule has 0 N–H and O–H groups in total. The third-order valence-corrected chi connectivity index (χ3v) is 3.26. The lowest BCUT2D eigenvalue weighted by Crippen LogP contribution is -1.91. The lowest BCUT2D eigenvalue weighted by Gasteiger charge is -2.05. The van der Waals surface area contributed by atoms with Gasteiger partial charge in [-0.3, -0.25) is 0 Å². The van der Waals surface area contributed by atoms with Crippen molar-refractivity contribution < 1.29 is 0 Å². The molecule has 0 spiro atoms. The van der Waals surface area contributed by atoms with Gasteiger partial charge in [-0.2, -0.15) is 0 Å². The van der Waals surface area contributed by atoms with E-state index < -0.39 is 0 Å². The van der Waals surface area contributed by atoms with Crippen molar-refractivity contribution in [2.75, 3.05) is 6.54 Å². The van der Waals surface area contributed by atoms with E-state index in [-0.39, 0.29) is 0 Å². The van der Waals surface area contributed by atoms with E-state index in [9.17, 15) is 0 Å². The Morgan fingerprint density at radius 3 is 2.31 bits per heavy atom. The molecule has 0 aliphatic heterocycles. The molecule has 0 saturated heterocycles. The van der Waals surface area contributed by atoms with Crippen molar-refractivity contribution in [2.45, 2.75) is 20.3 Å². The summed E-state index contributed by atoms with van der Waals surface area (Å²) >= 11 is 3.52. The van der Waals surface area contributed by atoms with Crippen LogP contribution in [0.5, 0.6) is 0 Å². The van der Waals surface area contributed by atoms with Crippen molar-refractivity contribution in [3.63, 3.8) is 0 Å². The number of nitrogens with zero attached hydrogens (tertiary/aromatic N) is 1. The monoisotopic (exact) mass is 237 g/mol. The average Bonchev–Trinajstić information content (AvgIpc) is 2.10. The van der Waals surface area contributed by atoms with E-state index in [2.05, 4.69) is 46.8 Å². The highest BCUT2D eigenvalue weighted by Crippen LogP contribution is 2.22. The fourth-order valence-corrected chi connectivity index (χ4v) is 1.59. The van der Waals surface area contributed by atoms with E-state index in [0.29, 0.717) is 6.54 Å². The van der Waals surface area contributed by atoms with Gasteiger partial charge in [0.15, 0.2) is 0 Å². The first kappa shape index (κ1) is 10.3. The maximum atomic E-state index is 6.72. The van der Waals surface area contributed by atoms with Crippen LogP contribution in [0.15, 0.2) is 16.6 Å². The van der Waals surface area contributed by atoms with Gasteiger partial charge in [-0.15, -0.1) is 0 Å². The second kappa shape index (κ2) is 4.43. The minimum Gasteiger partial charge on any atom is -0.317 e. The van der Waals surface area contributed by atoms with Crippen LogP contribution in [0, 0.1) is 20.4 Å². The van der Waals surface area contributed by atoms with Crippen molar-refractivity contribution in [2.24, 2.45) is 0 Å². The number of rotatable bonds is 2. The van der Waals surface area contributed by atoms with E-state index in [4.69, 9.17) is 6.57 Å². The number of halogens is 1. The minimum atomic E-state index is 0.584. The van der Waals surface area contributed by atoms with Crippen LogP contribution < -0.4 is 0 Å². The summed E-state index contributed by atoms with van der Waals surface area (Å²) in [5, 5.41) is 0. The zero-order valence-electron chi connectivity index (χ0n) is 7.89. The van der Waals surface area contributed by atoms with Gasteiger partial charge >= 0.3 is 0 Å². The van der Waals surface area contributed by atoms with E-state index in [1.807, 2.05) is 0 Å². The Morgan fingerprint density at radius 2 is 1.85 bits per heavy atom. The Bertz CT molecular complexity index is 327. The number of benzene rings is 1. The van der Waals surface area contributed by atoms with Crippen molar-refractivity contribution in [1.82, 2.24) is 0 Å². The molecule has 0 atom stereocenters. The van der Waals surface area contributed by atoms with Gasteiger partial charge < -0.3 is 4.85 Å². The molecule has 0 bridgehead atoms. The summed E-state index contributed by atoms with van der Waals surface area (Å²) in [6.45, 7) is 11.5. The Kier molecular flexibility index (Phi) is 3.50. The molecule has 68 valence electrons. The molecule has 0 aromatic heterocycles. The Balaban J connectivity index is 2.94. The SMILES string of the molecule is [C-]#[N+]CCc1cc(C)c(Br)c(C)c1. The molecule has 0 radical (unpaired) electrons. The van der Waals surface area contributed by atoms with E-state index in [1.165, 1.54) is 21.2 Å². The zero-order valence-corrected chi connectivity index (χ0v) is 9.48. The van der Waals surface area contributed by atoms with Crippen molar-refractivity contribution in [1.29, 1.82) is 0 Å². The lowest BCUT2D eigenvalue weighted by molar-refractivity contribution is 1.06. The number of hydrogen-bond acceptors (Lipinski definition) is 0. The van der Waals surface area contributed by atoms with Crippen LogP contribution in [0.4, 0.5) is 0 Å². The highest BCUT2D eigenvalue weighted by atomic mass is 79.9. The second-order valence-corrected chi connectivity index (χ2v) is 3.97. The molecular weight excluding hydrogens is 226 g/mol. The summed E-state index contributed by atoms with van der Waals surface area (Å²) in [7, 11) is 0.